The number of nitrogens with zero attached hydrogens (tertiary/aromatic N) is 1. The number of rotatable bonds is 9. The second-order valence-electron chi connectivity index (χ2n) is 8.03. The van der Waals surface area contributed by atoms with Gasteiger partial charge in [-0.1, -0.05) is 24.3 Å². The molecule has 1 aliphatic rings. The predicted molar refractivity (Wildman–Crippen MR) is 126 cm³/mol. The molecule has 0 saturated carbocycles. The molecule has 0 aromatic heterocycles. The lowest BCUT2D eigenvalue weighted by atomic mass is 10.1. The van der Waals surface area contributed by atoms with Gasteiger partial charge in [0.25, 0.3) is 5.91 Å². The van der Waals surface area contributed by atoms with E-state index in [4.69, 9.17) is 18.9 Å². The van der Waals surface area contributed by atoms with Gasteiger partial charge in [-0.15, -0.1) is 0 Å². The van der Waals surface area contributed by atoms with Crippen molar-refractivity contribution in [3.8, 4) is 23.0 Å². The van der Waals surface area contributed by atoms with Crippen molar-refractivity contribution >= 4 is 5.91 Å². The van der Waals surface area contributed by atoms with Gasteiger partial charge in [-0.25, -0.2) is 4.39 Å². The molecule has 1 heterocycles. The Hall–Kier alpha value is -3.74. The summed E-state index contributed by atoms with van der Waals surface area (Å²) >= 11 is 0. The summed E-state index contributed by atoms with van der Waals surface area (Å²) in [5, 5.41) is 0. The first-order chi connectivity index (χ1) is 16.6. The van der Waals surface area contributed by atoms with Crippen molar-refractivity contribution in [1.29, 1.82) is 0 Å². The summed E-state index contributed by atoms with van der Waals surface area (Å²) in [6.45, 7) is 1.59. The van der Waals surface area contributed by atoms with Gasteiger partial charge in [-0.05, 0) is 60.4 Å². The lowest BCUT2D eigenvalue weighted by Crippen LogP contribution is -2.28. The number of amides is 1. The molecule has 3 aromatic carbocycles. The molecule has 7 heteroatoms. The highest BCUT2D eigenvalue weighted by Crippen LogP contribution is 2.35. The maximum Gasteiger partial charge on any atom is 0.256 e. The molecule has 34 heavy (non-hydrogen) atoms. The molecule has 0 atom stereocenters. The highest BCUT2D eigenvalue weighted by Gasteiger charge is 2.26. The van der Waals surface area contributed by atoms with Gasteiger partial charge in [0.15, 0.2) is 17.3 Å². The summed E-state index contributed by atoms with van der Waals surface area (Å²) in [5.74, 6) is 0.581. The van der Waals surface area contributed by atoms with Crippen LogP contribution in [0.3, 0.4) is 0 Å². The summed E-state index contributed by atoms with van der Waals surface area (Å²) in [4.78, 5) is 14.5. The van der Waals surface area contributed by atoms with E-state index in [1.165, 1.54) is 6.07 Å². The number of halogens is 1. The monoisotopic (exact) mass is 465 g/mol. The molecule has 1 fully saturated rings. The Morgan fingerprint density at radius 3 is 1.85 bits per heavy atom. The normalized spacial score (nSPS) is 13.0. The number of benzene rings is 3. The van der Waals surface area contributed by atoms with Gasteiger partial charge in [0.2, 0.25) is 0 Å². The SMILES string of the molecule is COc1ccc(COc2ccc(C(=O)N3CCCC3)c(F)c2OCc2ccc(OC)cc2)cc1. The fraction of sp³-hybridized carbons (Fsp3) is 0.296. The topological polar surface area (TPSA) is 57.2 Å². The Labute approximate surface area is 198 Å². The second kappa shape index (κ2) is 10.9. The number of hydrogen-bond acceptors (Lipinski definition) is 5. The fourth-order valence-electron chi connectivity index (χ4n) is 3.80. The highest BCUT2D eigenvalue weighted by atomic mass is 19.1. The van der Waals surface area contributed by atoms with Crippen LogP contribution in [0.1, 0.15) is 34.3 Å². The van der Waals surface area contributed by atoms with E-state index in [-0.39, 0.29) is 36.2 Å². The largest absolute Gasteiger partial charge is 0.497 e. The maximum absolute atomic E-state index is 15.6. The minimum atomic E-state index is -0.711. The maximum atomic E-state index is 15.6. The van der Waals surface area contributed by atoms with Crippen molar-refractivity contribution in [2.24, 2.45) is 0 Å². The standard InChI is InChI=1S/C27H28FNO5/c1-31-21-9-5-19(6-10-21)17-33-24-14-13-23(27(30)29-15-3-4-16-29)25(28)26(24)34-18-20-7-11-22(32-2)12-8-20/h5-14H,3-4,15-18H2,1-2H3. The average Bonchev–Trinajstić information content (AvgIpc) is 3.42. The van der Waals surface area contributed by atoms with E-state index >= 15 is 4.39 Å². The minimum Gasteiger partial charge on any atom is -0.497 e. The van der Waals surface area contributed by atoms with Gasteiger partial charge in [-0.3, -0.25) is 4.79 Å². The summed E-state index contributed by atoms with van der Waals surface area (Å²) in [6, 6.07) is 17.8. The summed E-state index contributed by atoms with van der Waals surface area (Å²) in [5.41, 5.74) is 1.71. The third kappa shape index (κ3) is 5.42. The van der Waals surface area contributed by atoms with Gasteiger partial charge in [0.05, 0.1) is 19.8 Å². The van der Waals surface area contributed by atoms with Gasteiger partial charge in [-0.2, -0.15) is 0 Å². The van der Waals surface area contributed by atoms with Crippen LogP contribution < -0.4 is 18.9 Å². The van der Waals surface area contributed by atoms with Crippen molar-refractivity contribution in [2.45, 2.75) is 26.1 Å². The summed E-state index contributed by atoms with van der Waals surface area (Å²) in [7, 11) is 3.20. The molecule has 0 spiro atoms. The average molecular weight is 466 g/mol. The van der Waals surface area contributed by atoms with Crippen molar-refractivity contribution in [2.75, 3.05) is 27.3 Å². The molecule has 3 aromatic rings. The van der Waals surface area contributed by atoms with E-state index in [2.05, 4.69) is 0 Å². The second-order valence-corrected chi connectivity index (χ2v) is 8.03. The van der Waals surface area contributed by atoms with Gasteiger partial charge in [0.1, 0.15) is 24.7 Å². The van der Waals surface area contributed by atoms with Crippen molar-refractivity contribution in [3.63, 3.8) is 0 Å². The van der Waals surface area contributed by atoms with Gasteiger partial charge in [0, 0.05) is 13.1 Å². The van der Waals surface area contributed by atoms with Crippen LogP contribution in [0.2, 0.25) is 0 Å². The third-order valence-corrected chi connectivity index (χ3v) is 5.78. The van der Waals surface area contributed by atoms with Crippen molar-refractivity contribution < 1.29 is 28.1 Å². The highest BCUT2D eigenvalue weighted by molar-refractivity contribution is 5.95. The first kappa shape index (κ1) is 23.4. The first-order valence-electron chi connectivity index (χ1n) is 11.2. The van der Waals surface area contributed by atoms with E-state index in [0.717, 1.165) is 35.5 Å². The third-order valence-electron chi connectivity index (χ3n) is 5.78. The van der Waals surface area contributed by atoms with Crippen LogP contribution in [0.5, 0.6) is 23.0 Å². The van der Waals surface area contributed by atoms with E-state index in [0.29, 0.717) is 13.1 Å². The summed E-state index contributed by atoms with van der Waals surface area (Å²) in [6.07, 6.45) is 1.86. The first-order valence-corrected chi connectivity index (χ1v) is 11.2. The number of likely N-dealkylation sites (tertiary alicyclic amines) is 1. The zero-order valence-electron chi connectivity index (χ0n) is 19.4. The molecule has 6 nitrogen and oxygen atoms in total. The quantitative estimate of drug-likeness (QED) is 0.433. The van der Waals surface area contributed by atoms with E-state index < -0.39 is 5.82 Å². The molecule has 0 aliphatic carbocycles. The van der Waals surface area contributed by atoms with Crippen LogP contribution >= 0.6 is 0 Å². The molecule has 1 saturated heterocycles. The van der Waals surface area contributed by atoms with Crippen molar-refractivity contribution in [1.82, 2.24) is 4.90 Å². The molecule has 178 valence electrons. The molecule has 4 rings (SSSR count). The molecule has 0 unspecified atom stereocenters. The fourth-order valence-corrected chi connectivity index (χ4v) is 3.80. The number of methoxy groups -OCH3 is 2. The Kier molecular flexibility index (Phi) is 7.52. The van der Waals surface area contributed by atoms with Gasteiger partial charge >= 0.3 is 0 Å². The van der Waals surface area contributed by atoms with Gasteiger partial charge < -0.3 is 23.8 Å². The summed E-state index contributed by atoms with van der Waals surface area (Å²) < 4.78 is 37.7. The Morgan fingerprint density at radius 2 is 1.32 bits per heavy atom. The molecule has 1 amide bonds. The van der Waals surface area contributed by atoms with Crippen LogP contribution in [-0.4, -0.2) is 38.1 Å². The minimum absolute atomic E-state index is 0.0107. The number of ether oxygens (including phenoxy) is 4. The Bertz CT molecular complexity index is 1110. The molecular weight excluding hydrogens is 437 g/mol. The van der Waals surface area contributed by atoms with Crippen LogP contribution in [0.15, 0.2) is 60.7 Å². The number of carbonyl (C=O) groups excluding carboxylic acids is 1. The molecule has 1 aliphatic heterocycles. The number of carbonyl (C=O) groups is 1. The number of hydrogen-bond donors (Lipinski definition) is 0. The molecule has 0 radical (unpaired) electrons. The van der Waals surface area contributed by atoms with Crippen molar-refractivity contribution in [3.05, 3.63) is 83.2 Å². The van der Waals surface area contributed by atoms with E-state index in [1.807, 2.05) is 48.5 Å². The molecule has 0 N–H and O–H groups in total. The molecule has 0 bridgehead atoms. The lowest BCUT2D eigenvalue weighted by molar-refractivity contribution is 0.0786. The smallest absolute Gasteiger partial charge is 0.256 e. The Balaban J connectivity index is 1.57. The lowest BCUT2D eigenvalue weighted by Gasteiger charge is -2.19. The van der Waals surface area contributed by atoms with E-state index in [9.17, 15) is 4.79 Å². The molecular formula is C27H28FNO5. The van der Waals surface area contributed by atoms with Crippen LogP contribution in [0.4, 0.5) is 4.39 Å². The zero-order chi connectivity index (χ0) is 23.9. The van der Waals surface area contributed by atoms with Crippen LogP contribution in [0.25, 0.3) is 0 Å². The van der Waals surface area contributed by atoms with Crippen LogP contribution in [-0.2, 0) is 13.2 Å². The van der Waals surface area contributed by atoms with E-state index in [1.54, 1.807) is 25.2 Å². The Morgan fingerprint density at radius 1 is 0.794 bits per heavy atom. The van der Waals surface area contributed by atoms with Crippen LogP contribution in [0, 0.1) is 5.82 Å². The predicted octanol–water partition coefficient (Wildman–Crippen LogP) is 5.24. The zero-order valence-corrected chi connectivity index (χ0v) is 19.4.